The zero-order valence-electron chi connectivity index (χ0n) is 18.0. The van der Waals surface area contributed by atoms with Gasteiger partial charge in [0.2, 0.25) is 0 Å². The molecule has 0 unspecified atom stereocenters. The van der Waals surface area contributed by atoms with Crippen LogP contribution in [0.4, 0.5) is 17.6 Å². The Balaban J connectivity index is 0.000000454. The molecule has 2 heterocycles. The van der Waals surface area contributed by atoms with Gasteiger partial charge in [-0.25, -0.2) is 14.0 Å². The number of hydrogen-bond acceptors (Lipinski definition) is 7. The number of hydrogen-bond donors (Lipinski definition) is 2. The largest absolute Gasteiger partial charge is 0.490 e. The molecule has 0 atom stereocenters. The minimum atomic E-state index is -5.08. The lowest BCUT2D eigenvalue weighted by Gasteiger charge is -2.00. The molecule has 0 radical (unpaired) electrons. The Kier molecular flexibility index (Phi) is 8.69. The second-order valence-electron chi connectivity index (χ2n) is 6.65. The third-order valence-corrected chi connectivity index (χ3v) is 4.92. The fraction of sp³-hybridized carbons (Fsp3) is 0.130. The van der Waals surface area contributed by atoms with E-state index in [2.05, 4.69) is 27.0 Å². The number of carboxylic acid groups (broad SMARTS) is 1. The van der Waals surface area contributed by atoms with Crippen LogP contribution in [0, 0.1) is 17.7 Å². The number of esters is 1. The molecule has 0 bridgehead atoms. The molecule has 0 aliphatic carbocycles. The topological polar surface area (TPSA) is 118 Å². The van der Waals surface area contributed by atoms with E-state index in [0.717, 1.165) is 16.5 Å². The Morgan fingerprint density at radius 1 is 1.08 bits per heavy atom. The highest BCUT2D eigenvalue weighted by molar-refractivity contribution is 7.99. The Bertz CT molecular complexity index is 1400. The first kappa shape index (κ1) is 26.3. The molecule has 0 saturated carbocycles. The van der Waals surface area contributed by atoms with Crippen molar-refractivity contribution >= 4 is 34.6 Å². The molecule has 0 aliphatic rings. The van der Waals surface area contributed by atoms with Crippen molar-refractivity contribution in [1.29, 1.82) is 0 Å². The smallest absolute Gasteiger partial charge is 0.475 e. The van der Waals surface area contributed by atoms with E-state index < -0.39 is 23.9 Å². The van der Waals surface area contributed by atoms with Gasteiger partial charge in [0, 0.05) is 17.1 Å². The van der Waals surface area contributed by atoms with Crippen molar-refractivity contribution in [2.24, 2.45) is 0 Å². The normalized spacial score (nSPS) is 10.7. The summed E-state index contributed by atoms with van der Waals surface area (Å²) in [6.07, 6.45) is -3.25. The minimum absolute atomic E-state index is 0.0544. The number of carbonyl (C=O) groups is 2. The molecule has 186 valence electrons. The lowest BCUT2D eigenvalue weighted by molar-refractivity contribution is -0.192. The SMILES string of the molecule is O=C(O)C(F)(F)F.O=C(OCC#CCSc1nnc(-c2c[nH]c3ccccc23)o1)c1ccc(F)cc1. The van der Waals surface area contributed by atoms with E-state index in [9.17, 15) is 22.4 Å². The number of alkyl halides is 3. The summed E-state index contributed by atoms with van der Waals surface area (Å²) >= 11 is 1.29. The first-order valence-electron chi connectivity index (χ1n) is 9.86. The fourth-order valence-electron chi connectivity index (χ4n) is 2.60. The molecular formula is C23H15F4N3O5S. The molecule has 2 aromatic heterocycles. The molecular weight excluding hydrogens is 506 g/mol. The summed E-state index contributed by atoms with van der Waals surface area (Å²) in [7, 11) is 0. The van der Waals surface area contributed by atoms with Gasteiger partial charge in [-0.3, -0.25) is 0 Å². The first-order chi connectivity index (χ1) is 17.1. The van der Waals surface area contributed by atoms with Gasteiger partial charge in [0.15, 0.2) is 6.61 Å². The van der Waals surface area contributed by atoms with Gasteiger partial charge in [0.1, 0.15) is 5.82 Å². The number of nitrogens with zero attached hydrogens (tertiary/aromatic N) is 2. The van der Waals surface area contributed by atoms with Crippen LogP contribution in [-0.4, -0.2) is 50.8 Å². The zero-order valence-corrected chi connectivity index (χ0v) is 18.8. The third-order valence-electron chi connectivity index (χ3n) is 4.22. The third kappa shape index (κ3) is 7.34. The van der Waals surface area contributed by atoms with E-state index in [4.69, 9.17) is 19.1 Å². The lowest BCUT2D eigenvalue weighted by Crippen LogP contribution is -2.21. The average Bonchev–Trinajstić information content (AvgIpc) is 3.48. The number of ether oxygens (including phenoxy) is 1. The van der Waals surface area contributed by atoms with Gasteiger partial charge in [-0.2, -0.15) is 13.2 Å². The van der Waals surface area contributed by atoms with Crippen LogP contribution in [0.1, 0.15) is 10.4 Å². The minimum Gasteiger partial charge on any atom is -0.475 e. The number of rotatable bonds is 5. The number of H-pyrrole nitrogens is 1. The number of aromatic amines is 1. The van der Waals surface area contributed by atoms with E-state index in [1.807, 2.05) is 30.5 Å². The molecule has 36 heavy (non-hydrogen) atoms. The highest BCUT2D eigenvalue weighted by Gasteiger charge is 2.38. The second kappa shape index (κ2) is 11.9. The van der Waals surface area contributed by atoms with Crippen molar-refractivity contribution in [2.75, 3.05) is 12.4 Å². The predicted molar refractivity (Wildman–Crippen MR) is 120 cm³/mol. The molecule has 0 fully saturated rings. The van der Waals surface area contributed by atoms with Crippen LogP contribution in [0.5, 0.6) is 0 Å². The molecule has 13 heteroatoms. The van der Waals surface area contributed by atoms with Crippen molar-refractivity contribution in [3.63, 3.8) is 0 Å². The number of carboxylic acids is 1. The molecule has 0 amide bonds. The molecule has 0 aliphatic heterocycles. The number of para-hydroxylation sites is 1. The highest BCUT2D eigenvalue weighted by Crippen LogP contribution is 2.29. The van der Waals surface area contributed by atoms with Crippen LogP contribution in [0.2, 0.25) is 0 Å². The number of aliphatic carboxylic acids is 1. The summed E-state index contributed by atoms with van der Waals surface area (Å²) in [6, 6.07) is 13.0. The van der Waals surface area contributed by atoms with Gasteiger partial charge in [-0.15, -0.1) is 10.2 Å². The quantitative estimate of drug-likeness (QED) is 0.164. The van der Waals surface area contributed by atoms with Crippen LogP contribution in [0.3, 0.4) is 0 Å². The Labute approximate surface area is 204 Å². The highest BCUT2D eigenvalue weighted by atomic mass is 32.2. The van der Waals surface area contributed by atoms with E-state index in [1.165, 1.54) is 36.0 Å². The maximum absolute atomic E-state index is 12.8. The number of halogens is 4. The van der Waals surface area contributed by atoms with Gasteiger partial charge >= 0.3 is 18.1 Å². The van der Waals surface area contributed by atoms with Gasteiger partial charge in [0.25, 0.3) is 11.1 Å². The summed E-state index contributed by atoms with van der Waals surface area (Å²) in [6.45, 7) is -0.0544. The monoisotopic (exact) mass is 521 g/mol. The molecule has 0 spiro atoms. The Morgan fingerprint density at radius 3 is 2.47 bits per heavy atom. The molecule has 2 N–H and O–H groups in total. The molecule has 4 aromatic rings. The number of fused-ring (bicyclic) bond motifs is 1. The van der Waals surface area contributed by atoms with E-state index >= 15 is 0 Å². The van der Waals surface area contributed by atoms with E-state index in [1.54, 1.807) is 0 Å². The van der Waals surface area contributed by atoms with Crippen molar-refractivity contribution < 1.29 is 41.4 Å². The van der Waals surface area contributed by atoms with Crippen LogP contribution in [-0.2, 0) is 9.53 Å². The van der Waals surface area contributed by atoms with Gasteiger partial charge in [-0.1, -0.05) is 41.8 Å². The fourth-order valence-corrected chi connectivity index (χ4v) is 3.13. The average molecular weight is 521 g/mol. The Morgan fingerprint density at radius 2 is 1.78 bits per heavy atom. The first-order valence-corrected chi connectivity index (χ1v) is 10.8. The van der Waals surface area contributed by atoms with E-state index in [0.29, 0.717) is 16.9 Å². The number of thioether (sulfide) groups is 1. The predicted octanol–water partition coefficient (Wildman–Crippen LogP) is 4.94. The van der Waals surface area contributed by atoms with Crippen LogP contribution in [0.15, 0.2) is 64.4 Å². The molecule has 0 saturated heterocycles. The summed E-state index contributed by atoms with van der Waals surface area (Å²) in [4.78, 5) is 23.8. The molecule has 4 rings (SSSR count). The summed E-state index contributed by atoms with van der Waals surface area (Å²) < 4.78 is 55.3. The van der Waals surface area contributed by atoms with Gasteiger partial charge < -0.3 is 19.2 Å². The number of nitrogens with one attached hydrogen (secondary N) is 1. The maximum Gasteiger partial charge on any atom is 0.490 e. The number of carbonyl (C=O) groups excluding carboxylic acids is 1. The summed E-state index contributed by atoms with van der Waals surface area (Å²) in [5.74, 6) is 2.74. The van der Waals surface area contributed by atoms with Crippen molar-refractivity contribution in [3.8, 4) is 23.3 Å². The number of aromatic nitrogens is 3. The zero-order chi connectivity index (χ0) is 26.1. The molecule has 2 aromatic carbocycles. The molecule has 8 nitrogen and oxygen atoms in total. The number of benzene rings is 2. The van der Waals surface area contributed by atoms with Gasteiger partial charge in [-0.05, 0) is 30.3 Å². The van der Waals surface area contributed by atoms with Crippen LogP contribution < -0.4 is 0 Å². The summed E-state index contributed by atoms with van der Waals surface area (Å²) in [5.41, 5.74) is 2.12. The van der Waals surface area contributed by atoms with E-state index in [-0.39, 0.29) is 12.2 Å². The Hall–Kier alpha value is -4.31. The second-order valence-corrected chi connectivity index (χ2v) is 7.58. The van der Waals surface area contributed by atoms with Crippen molar-refractivity contribution in [3.05, 3.63) is 66.1 Å². The van der Waals surface area contributed by atoms with Crippen molar-refractivity contribution in [1.82, 2.24) is 15.2 Å². The lowest BCUT2D eigenvalue weighted by atomic mass is 10.2. The van der Waals surface area contributed by atoms with Gasteiger partial charge in [0.05, 0.1) is 16.9 Å². The van der Waals surface area contributed by atoms with Crippen LogP contribution in [0.25, 0.3) is 22.4 Å². The van der Waals surface area contributed by atoms with Crippen LogP contribution >= 0.6 is 11.8 Å². The summed E-state index contributed by atoms with van der Waals surface area (Å²) in [5, 5.41) is 16.6. The van der Waals surface area contributed by atoms with Crippen molar-refractivity contribution in [2.45, 2.75) is 11.4 Å². The maximum atomic E-state index is 12.8. The standard InChI is InChI=1S/C21H14FN3O3S.C2HF3O2/c22-15-9-7-14(8-10-15)20(26)27-11-3-4-12-29-21-25-24-19(28-21)17-13-23-18-6-2-1-5-16(17)18;3-2(4,5)1(6)7/h1-2,5-10,13,23H,11-12H2;(H,6,7).